The van der Waals surface area contributed by atoms with Crippen LogP contribution in [0.25, 0.3) is 0 Å². The maximum absolute atomic E-state index is 12.4. The van der Waals surface area contributed by atoms with E-state index in [4.69, 9.17) is 10.8 Å². The third kappa shape index (κ3) is 3.29. The van der Waals surface area contributed by atoms with Crippen LogP contribution in [-0.2, 0) is 16.6 Å². The third-order valence-corrected chi connectivity index (χ3v) is 4.71. The molecule has 0 saturated heterocycles. The molecule has 0 amide bonds. The minimum atomic E-state index is -3.58. The lowest BCUT2D eigenvalue weighted by atomic mass is 10.2. The van der Waals surface area contributed by atoms with Crippen molar-refractivity contribution in [3.8, 4) is 0 Å². The van der Waals surface area contributed by atoms with E-state index in [0.717, 1.165) is 5.56 Å². The minimum Gasteiger partial charge on any atom is -0.395 e. The molecule has 18 heavy (non-hydrogen) atoms. The number of aliphatic hydroxyl groups excluding tert-OH is 1. The molecule has 0 atom stereocenters. The van der Waals surface area contributed by atoms with Crippen LogP contribution in [0, 0.1) is 0 Å². The summed E-state index contributed by atoms with van der Waals surface area (Å²) in [4.78, 5) is 0.215. The maximum atomic E-state index is 12.4. The molecule has 0 aliphatic rings. The van der Waals surface area contributed by atoms with Gasteiger partial charge in [0.2, 0.25) is 10.0 Å². The molecule has 6 heteroatoms. The molecular formula is C12H20N2O3S. The number of aliphatic hydroxyl groups is 1. The van der Waals surface area contributed by atoms with E-state index in [-0.39, 0.29) is 24.1 Å². The van der Waals surface area contributed by atoms with Crippen molar-refractivity contribution in [2.45, 2.75) is 31.3 Å². The quantitative estimate of drug-likeness (QED) is 0.791. The van der Waals surface area contributed by atoms with Crippen LogP contribution in [-0.4, -0.2) is 37.0 Å². The smallest absolute Gasteiger partial charge is 0.243 e. The van der Waals surface area contributed by atoms with Gasteiger partial charge in [0.1, 0.15) is 0 Å². The highest BCUT2D eigenvalue weighted by molar-refractivity contribution is 7.89. The summed E-state index contributed by atoms with van der Waals surface area (Å²) >= 11 is 0. The molecule has 0 saturated carbocycles. The van der Waals surface area contributed by atoms with Crippen molar-refractivity contribution in [3.63, 3.8) is 0 Å². The fourth-order valence-electron chi connectivity index (χ4n) is 1.72. The summed E-state index contributed by atoms with van der Waals surface area (Å²) in [6, 6.07) is 6.37. The zero-order chi connectivity index (χ0) is 13.8. The summed E-state index contributed by atoms with van der Waals surface area (Å²) in [5.41, 5.74) is 6.28. The molecule has 0 aliphatic carbocycles. The van der Waals surface area contributed by atoms with Crippen LogP contribution >= 0.6 is 0 Å². The van der Waals surface area contributed by atoms with Gasteiger partial charge in [0, 0.05) is 19.1 Å². The molecule has 0 unspecified atom stereocenters. The van der Waals surface area contributed by atoms with E-state index in [1.165, 1.54) is 4.31 Å². The monoisotopic (exact) mass is 272 g/mol. The number of nitrogens with two attached hydrogens (primary N) is 1. The first kappa shape index (κ1) is 15.1. The first-order valence-electron chi connectivity index (χ1n) is 5.85. The van der Waals surface area contributed by atoms with Crippen LogP contribution in [0.4, 0.5) is 0 Å². The molecule has 0 aromatic heterocycles. The average molecular weight is 272 g/mol. The van der Waals surface area contributed by atoms with Gasteiger partial charge >= 0.3 is 0 Å². The highest BCUT2D eigenvalue weighted by atomic mass is 32.2. The maximum Gasteiger partial charge on any atom is 0.243 e. The van der Waals surface area contributed by atoms with Crippen LogP contribution in [0.1, 0.15) is 19.4 Å². The lowest BCUT2D eigenvalue weighted by Gasteiger charge is -2.25. The molecule has 5 nitrogen and oxygen atoms in total. The first-order valence-corrected chi connectivity index (χ1v) is 7.29. The predicted molar refractivity (Wildman–Crippen MR) is 70.4 cm³/mol. The van der Waals surface area contributed by atoms with E-state index in [1.807, 2.05) is 0 Å². The Morgan fingerprint density at radius 3 is 2.56 bits per heavy atom. The molecule has 0 heterocycles. The summed E-state index contributed by atoms with van der Waals surface area (Å²) in [6.45, 7) is 3.74. The molecule has 0 radical (unpaired) electrons. The minimum absolute atomic E-state index is 0.0901. The van der Waals surface area contributed by atoms with Crippen molar-refractivity contribution in [1.82, 2.24) is 4.31 Å². The van der Waals surface area contributed by atoms with E-state index < -0.39 is 10.0 Å². The van der Waals surface area contributed by atoms with Gasteiger partial charge in [-0.2, -0.15) is 4.31 Å². The molecule has 1 rings (SSSR count). The Balaban J connectivity index is 3.17. The van der Waals surface area contributed by atoms with Gasteiger partial charge in [-0.3, -0.25) is 0 Å². The normalized spacial score (nSPS) is 12.3. The first-order chi connectivity index (χ1) is 8.43. The van der Waals surface area contributed by atoms with Crippen LogP contribution in [0.15, 0.2) is 29.2 Å². The van der Waals surface area contributed by atoms with Crippen LogP contribution < -0.4 is 5.73 Å². The summed E-state index contributed by atoms with van der Waals surface area (Å²) in [7, 11) is -3.58. The second kappa shape index (κ2) is 6.29. The summed E-state index contributed by atoms with van der Waals surface area (Å²) in [6.07, 6.45) is 0. The van der Waals surface area contributed by atoms with E-state index in [2.05, 4.69) is 0 Å². The van der Waals surface area contributed by atoms with E-state index in [1.54, 1.807) is 38.1 Å². The highest BCUT2D eigenvalue weighted by Gasteiger charge is 2.26. The fourth-order valence-corrected chi connectivity index (χ4v) is 3.42. The predicted octanol–water partition coefficient (Wildman–Crippen LogP) is 0.537. The average Bonchev–Trinajstić information content (AvgIpc) is 2.35. The number of hydrogen-bond acceptors (Lipinski definition) is 4. The van der Waals surface area contributed by atoms with E-state index in [0.29, 0.717) is 6.54 Å². The van der Waals surface area contributed by atoms with E-state index in [9.17, 15) is 8.42 Å². The lowest BCUT2D eigenvalue weighted by molar-refractivity contribution is 0.236. The topological polar surface area (TPSA) is 83.6 Å². The summed E-state index contributed by atoms with van der Waals surface area (Å²) < 4.78 is 26.1. The van der Waals surface area contributed by atoms with Crippen molar-refractivity contribution in [2.24, 2.45) is 5.73 Å². The molecule has 1 aromatic carbocycles. The molecule has 0 aliphatic heterocycles. The second-order valence-corrected chi connectivity index (χ2v) is 6.18. The van der Waals surface area contributed by atoms with E-state index >= 15 is 0 Å². The van der Waals surface area contributed by atoms with Gasteiger partial charge < -0.3 is 10.8 Å². The van der Waals surface area contributed by atoms with Crippen molar-refractivity contribution in [3.05, 3.63) is 29.8 Å². The SMILES string of the molecule is CC(C)N(CCO)S(=O)(=O)c1cccc(CN)c1. The van der Waals surface area contributed by atoms with Gasteiger partial charge in [-0.25, -0.2) is 8.42 Å². The zero-order valence-corrected chi connectivity index (χ0v) is 11.5. The Labute approximate surface area is 108 Å². The number of nitrogens with zero attached hydrogens (tertiary/aromatic N) is 1. The van der Waals surface area contributed by atoms with Crippen LogP contribution in [0.2, 0.25) is 0 Å². The molecule has 1 aromatic rings. The highest BCUT2D eigenvalue weighted by Crippen LogP contribution is 2.19. The number of sulfonamides is 1. The third-order valence-electron chi connectivity index (χ3n) is 2.64. The molecule has 102 valence electrons. The van der Waals surface area contributed by atoms with Gasteiger partial charge in [0.15, 0.2) is 0 Å². The number of hydrogen-bond donors (Lipinski definition) is 2. The molecule has 3 N–H and O–H groups in total. The number of benzene rings is 1. The Bertz CT molecular complexity index is 486. The van der Waals surface area contributed by atoms with Crippen LogP contribution in [0.5, 0.6) is 0 Å². The van der Waals surface area contributed by atoms with Crippen LogP contribution in [0.3, 0.4) is 0 Å². The van der Waals surface area contributed by atoms with Gasteiger partial charge in [0.05, 0.1) is 11.5 Å². The standard InChI is InChI=1S/C12H20N2O3S/c1-10(2)14(6-7-15)18(16,17)12-5-3-4-11(8-12)9-13/h3-5,8,10,15H,6-7,9,13H2,1-2H3. The van der Waals surface area contributed by atoms with Crippen molar-refractivity contribution >= 4 is 10.0 Å². The summed E-state index contributed by atoms with van der Waals surface area (Å²) in [5, 5.41) is 8.97. The molecule has 0 spiro atoms. The van der Waals surface area contributed by atoms with Gasteiger partial charge in [-0.05, 0) is 31.5 Å². The van der Waals surface area contributed by atoms with Crippen molar-refractivity contribution in [2.75, 3.05) is 13.2 Å². The Kier molecular flexibility index (Phi) is 5.28. The van der Waals surface area contributed by atoms with Crippen molar-refractivity contribution < 1.29 is 13.5 Å². The molecule has 0 bridgehead atoms. The molecule has 0 fully saturated rings. The Morgan fingerprint density at radius 1 is 1.39 bits per heavy atom. The molecular weight excluding hydrogens is 252 g/mol. The summed E-state index contributed by atoms with van der Waals surface area (Å²) in [5.74, 6) is 0. The Hall–Kier alpha value is -0.950. The van der Waals surface area contributed by atoms with Gasteiger partial charge in [-0.15, -0.1) is 0 Å². The van der Waals surface area contributed by atoms with Gasteiger partial charge in [-0.1, -0.05) is 12.1 Å². The largest absolute Gasteiger partial charge is 0.395 e. The second-order valence-electron chi connectivity index (χ2n) is 4.28. The van der Waals surface area contributed by atoms with Gasteiger partial charge in [0.25, 0.3) is 0 Å². The fraction of sp³-hybridized carbons (Fsp3) is 0.500. The zero-order valence-electron chi connectivity index (χ0n) is 10.7. The van der Waals surface area contributed by atoms with Crippen molar-refractivity contribution in [1.29, 1.82) is 0 Å². The lowest BCUT2D eigenvalue weighted by Crippen LogP contribution is -2.38. The Morgan fingerprint density at radius 2 is 2.06 bits per heavy atom. The number of rotatable bonds is 6.